The Balaban J connectivity index is 1.68. The highest BCUT2D eigenvalue weighted by Gasteiger charge is 2.31. The first-order chi connectivity index (χ1) is 10.9. The molecule has 2 aromatic rings. The summed E-state index contributed by atoms with van der Waals surface area (Å²) in [4.78, 5) is 0. The Hall–Kier alpha value is -1.84. The van der Waals surface area contributed by atoms with E-state index in [1.165, 1.54) is 18.4 Å². The fourth-order valence-corrected chi connectivity index (χ4v) is 2.81. The van der Waals surface area contributed by atoms with Crippen molar-refractivity contribution in [3.63, 3.8) is 0 Å². The van der Waals surface area contributed by atoms with Gasteiger partial charge >= 0.3 is 0 Å². The number of para-hydroxylation sites is 1. The number of ether oxygens (including phenoxy) is 1. The molecule has 3 heteroatoms. The van der Waals surface area contributed by atoms with Crippen molar-refractivity contribution in [2.75, 3.05) is 13.2 Å². The maximum Gasteiger partial charge on any atom is 0.123 e. The van der Waals surface area contributed by atoms with Crippen LogP contribution in [0.4, 0.5) is 0 Å². The number of aliphatic hydroxyl groups is 1. The molecule has 0 amide bonds. The average Bonchev–Trinajstić information content (AvgIpc) is 3.40. The SMILES string of the molecule is OCCOc1ccccc1CNC(c1ccccc1)C1CC1. The molecule has 2 N–H and O–H groups in total. The Bertz CT molecular complexity index is 581. The van der Waals surface area contributed by atoms with Gasteiger partial charge in [-0.2, -0.15) is 0 Å². The highest BCUT2D eigenvalue weighted by atomic mass is 16.5. The van der Waals surface area contributed by atoms with E-state index in [4.69, 9.17) is 9.84 Å². The lowest BCUT2D eigenvalue weighted by atomic mass is 10.0. The molecule has 116 valence electrons. The maximum atomic E-state index is 8.93. The van der Waals surface area contributed by atoms with Gasteiger partial charge in [-0.05, 0) is 30.4 Å². The van der Waals surface area contributed by atoms with Crippen LogP contribution in [0.2, 0.25) is 0 Å². The number of rotatable bonds is 8. The van der Waals surface area contributed by atoms with E-state index in [0.717, 1.165) is 23.8 Å². The smallest absolute Gasteiger partial charge is 0.123 e. The minimum Gasteiger partial charge on any atom is -0.491 e. The summed E-state index contributed by atoms with van der Waals surface area (Å²) in [6, 6.07) is 19.1. The van der Waals surface area contributed by atoms with Crippen molar-refractivity contribution in [2.24, 2.45) is 5.92 Å². The van der Waals surface area contributed by atoms with Crippen LogP contribution in [0.25, 0.3) is 0 Å². The normalized spacial score (nSPS) is 15.5. The van der Waals surface area contributed by atoms with Crippen molar-refractivity contribution in [1.82, 2.24) is 5.32 Å². The van der Waals surface area contributed by atoms with Crippen LogP contribution in [0, 0.1) is 5.92 Å². The van der Waals surface area contributed by atoms with Gasteiger partial charge in [0, 0.05) is 18.2 Å². The summed E-state index contributed by atoms with van der Waals surface area (Å²) in [7, 11) is 0. The Morgan fingerprint density at radius 3 is 2.50 bits per heavy atom. The van der Waals surface area contributed by atoms with Gasteiger partial charge in [0.2, 0.25) is 0 Å². The molecule has 1 aliphatic rings. The van der Waals surface area contributed by atoms with E-state index >= 15 is 0 Å². The molecule has 1 atom stereocenters. The minimum absolute atomic E-state index is 0.0382. The van der Waals surface area contributed by atoms with Gasteiger partial charge in [-0.15, -0.1) is 0 Å². The van der Waals surface area contributed by atoms with E-state index in [1.54, 1.807) is 0 Å². The molecule has 22 heavy (non-hydrogen) atoms. The molecule has 3 rings (SSSR count). The van der Waals surface area contributed by atoms with Gasteiger partial charge in [0.15, 0.2) is 0 Å². The Morgan fingerprint density at radius 2 is 1.77 bits per heavy atom. The third-order valence-electron chi connectivity index (χ3n) is 4.09. The topological polar surface area (TPSA) is 41.5 Å². The molecule has 1 aliphatic carbocycles. The van der Waals surface area contributed by atoms with Gasteiger partial charge in [-0.25, -0.2) is 0 Å². The van der Waals surface area contributed by atoms with Crippen LogP contribution in [0.5, 0.6) is 5.75 Å². The van der Waals surface area contributed by atoms with E-state index in [9.17, 15) is 0 Å². The number of hydrogen-bond acceptors (Lipinski definition) is 3. The molecular formula is C19H23NO2. The third kappa shape index (κ3) is 3.87. The molecule has 2 aromatic carbocycles. The summed E-state index contributed by atoms with van der Waals surface area (Å²) in [5.74, 6) is 1.60. The molecule has 1 unspecified atom stereocenters. The number of hydrogen-bond donors (Lipinski definition) is 2. The van der Waals surface area contributed by atoms with Crippen LogP contribution < -0.4 is 10.1 Å². The lowest BCUT2D eigenvalue weighted by Gasteiger charge is -2.20. The molecule has 1 fully saturated rings. The zero-order valence-electron chi connectivity index (χ0n) is 12.7. The summed E-state index contributed by atoms with van der Waals surface area (Å²) in [5.41, 5.74) is 2.50. The maximum absolute atomic E-state index is 8.93. The quantitative estimate of drug-likeness (QED) is 0.785. The molecule has 1 saturated carbocycles. The van der Waals surface area contributed by atoms with Crippen LogP contribution in [0.3, 0.4) is 0 Å². The first-order valence-electron chi connectivity index (χ1n) is 7.98. The summed E-state index contributed by atoms with van der Waals surface area (Å²) < 4.78 is 5.61. The molecule has 0 aromatic heterocycles. The van der Waals surface area contributed by atoms with Gasteiger partial charge in [-0.3, -0.25) is 0 Å². The fourth-order valence-electron chi connectivity index (χ4n) is 2.81. The second kappa shape index (κ2) is 7.43. The highest BCUT2D eigenvalue weighted by molar-refractivity contribution is 5.33. The standard InChI is InChI=1S/C19H23NO2/c21-12-13-22-18-9-5-4-8-17(18)14-20-19(16-10-11-16)15-6-2-1-3-7-15/h1-9,16,19-21H,10-14H2. The van der Waals surface area contributed by atoms with Crippen molar-refractivity contribution in [2.45, 2.75) is 25.4 Å². The molecule has 0 saturated heterocycles. The van der Waals surface area contributed by atoms with Gasteiger partial charge in [0.1, 0.15) is 12.4 Å². The largest absolute Gasteiger partial charge is 0.491 e. The highest BCUT2D eigenvalue weighted by Crippen LogP contribution is 2.41. The molecule has 3 nitrogen and oxygen atoms in total. The fraction of sp³-hybridized carbons (Fsp3) is 0.368. The number of aliphatic hydroxyl groups excluding tert-OH is 1. The summed E-state index contributed by atoms with van der Waals surface area (Å²) in [6.45, 7) is 1.15. The van der Waals surface area contributed by atoms with Crippen molar-refractivity contribution >= 4 is 0 Å². The first-order valence-corrected chi connectivity index (χ1v) is 7.98. The molecular weight excluding hydrogens is 274 g/mol. The van der Waals surface area contributed by atoms with Crippen LogP contribution in [0.1, 0.15) is 30.0 Å². The number of nitrogens with one attached hydrogen (secondary N) is 1. The average molecular weight is 297 g/mol. The van der Waals surface area contributed by atoms with Crippen LogP contribution in [-0.4, -0.2) is 18.3 Å². The minimum atomic E-state index is 0.0382. The lowest BCUT2D eigenvalue weighted by Crippen LogP contribution is -2.23. The molecule has 0 aliphatic heterocycles. The predicted molar refractivity (Wildman–Crippen MR) is 87.8 cm³/mol. The van der Waals surface area contributed by atoms with E-state index in [-0.39, 0.29) is 6.61 Å². The Morgan fingerprint density at radius 1 is 1.05 bits per heavy atom. The lowest BCUT2D eigenvalue weighted by molar-refractivity contribution is 0.200. The summed E-state index contributed by atoms with van der Waals surface area (Å²) in [6.07, 6.45) is 2.60. The van der Waals surface area contributed by atoms with Crippen LogP contribution >= 0.6 is 0 Å². The van der Waals surface area contributed by atoms with Crippen LogP contribution in [-0.2, 0) is 6.54 Å². The predicted octanol–water partition coefficient (Wildman–Crippen LogP) is 3.30. The first kappa shape index (κ1) is 15.1. The third-order valence-corrected chi connectivity index (χ3v) is 4.09. The molecule has 0 heterocycles. The monoisotopic (exact) mass is 297 g/mol. The molecule has 0 spiro atoms. The summed E-state index contributed by atoms with van der Waals surface area (Å²) in [5, 5.41) is 12.6. The Labute approximate surface area is 131 Å². The second-order valence-corrected chi connectivity index (χ2v) is 5.79. The van der Waals surface area contributed by atoms with E-state index < -0.39 is 0 Å². The Kier molecular flexibility index (Phi) is 5.09. The second-order valence-electron chi connectivity index (χ2n) is 5.79. The van der Waals surface area contributed by atoms with Crippen molar-refractivity contribution in [1.29, 1.82) is 0 Å². The van der Waals surface area contributed by atoms with E-state index in [2.05, 4.69) is 41.7 Å². The van der Waals surface area contributed by atoms with Gasteiger partial charge in [-0.1, -0.05) is 48.5 Å². The van der Waals surface area contributed by atoms with Gasteiger partial charge < -0.3 is 15.2 Å². The van der Waals surface area contributed by atoms with Gasteiger partial charge in [0.05, 0.1) is 6.61 Å². The van der Waals surface area contributed by atoms with Crippen molar-refractivity contribution in [3.8, 4) is 5.75 Å². The van der Waals surface area contributed by atoms with Gasteiger partial charge in [0.25, 0.3) is 0 Å². The van der Waals surface area contributed by atoms with Crippen LogP contribution in [0.15, 0.2) is 54.6 Å². The van der Waals surface area contributed by atoms with Crippen molar-refractivity contribution < 1.29 is 9.84 Å². The van der Waals surface area contributed by atoms with E-state index in [1.807, 2.05) is 18.2 Å². The molecule has 0 bridgehead atoms. The molecule has 0 radical (unpaired) electrons. The summed E-state index contributed by atoms with van der Waals surface area (Å²) >= 11 is 0. The number of benzene rings is 2. The van der Waals surface area contributed by atoms with E-state index in [0.29, 0.717) is 12.6 Å². The zero-order valence-corrected chi connectivity index (χ0v) is 12.7. The van der Waals surface area contributed by atoms with Crippen molar-refractivity contribution in [3.05, 3.63) is 65.7 Å². The zero-order chi connectivity index (χ0) is 15.2.